The fraction of sp³-hybridized carbons (Fsp3) is 0.600. The summed E-state index contributed by atoms with van der Waals surface area (Å²) in [6.07, 6.45) is 4.31. The van der Waals surface area contributed by atoms with Gasteiger partial charge in [-0.25, -0.2) is 8.78 Å². The lowest BCUT2D eigenvalue weighted by Gasteiger charge is -2.26. The highest BCUT2D eigenvalue weighted by molar-refractivity contribution is 7.99. The van der Waals surface area contributed by atoms with E-state index in [0.717, 1.165) is 24.0 Å². The van der Waals surface area contributed by atoms with Crippen molar-refractivity contribution >= 4 is 11.8 Å². The summed E-state index contributed by atoms with van der Waals surface area (Å²) in [5, 5.41) is 3.29. The number of nitrogens with one attached hydrogen (secondary N) is 1. The lowest BCUT2D eigenvalue weighted by Crippen LogP contribution is -2.31. The van der Waals surface area contributed by atoms with Crippen LogP contribution in [0.4, 0.5) is 8.78 Å². The van der Waals surface area contributed by atoms with Gasteiger partial charge in [0.05, 0.1) is 0 Å². The van der Waals surface area contributed by atoms with E-state index in [9.17, 15) is 8.78 Å². The average Bonchev–Trinajstić information content (AvgIpc) is 2.38. The van der Waals surface area contributed by atoms with Crippen LogP contribution >= 0.6 is 11.8 Å². The molecule has 0 spiro atoms. The lowest BCUT2D eigenvalue weighted by atomic mass is 9.91. The van der Waals surface area contributed by atoms with Crippen LogP contribution in [0.5, 0.6) is 0 Å². The average molecular weight is 285 g/mol. The van der Waals surface area contributed by atoms with Gasteiger partial charge in [-0.15, -0.1) is 0 Å². The molecule has 1 heterocycles. The predicted molar refractivity (Wildman–Crippen MR) is 77.6 cm³/mol. The van der Waals surface area contributed by atoms with Crippen LogP contribution in [-0.2, 0) is 6.42 Å². The van der Waals surface area contributed by atoms with Crippen LogP contribution < -0.4 is 5.32 Å². The Bertz CT molecular complexity index is 385. The van der Waals surface area contributed by atoms with Crippen molar-refractivity contribution in [3.63, 3.8) is 0 Å². The van der Waals surface area contributed by atoms with E-state index in [1.807, 2.05) is 18.8 Å². The van der Waals surface area contributed by atoms with E-state index in [4.69, 9.17) is 0 Å². The van der Waals surface area contributed by atoms with Gasteiger partial charge in [-0.1, -0.05) is 0 Å². The standard InChI is InChI=1S/C15H21F2NS/c1-18-15(8-11-2-4-19-5-3-11)9-12-6-13(16)10-14(17)7-12/h6-7,10-11,15,18H,2-5,8-9H2,1H3. The number of halogens is 2. The normalized spacial score (nSPS) is 18.5. The Morgan fingerprint density at radius 2 is 1.84 bits per heavy atom. The third-order valence-corrected chi connectivity index (χ3v) is 4.82. The van der Waals surface area contributed by atoms with E-state index >= 15 is 0 Å². The molecule has 19 heavy (non-hydrogen) atoms. The summed E-state index contributed by atoms with van der Waals surface area (Å²) in [4.78, 5) is 0. The van der Waals surface area contributed by atoms with Gasteiger partial charge in [0.2, 0.25) is 0 Å². The van der Waals surface area contributed by atoms with Crippen LogP contribution in [0.1, 0.15) is 24.8 Å². The maximum Gasteiger partial charge on any atom is 0.126 e. The highest BCUT2D eigenvalue weighted by atomic mass is 32.2. The summed E-state index contributed by atoms with van der Waals surface area (Å²) in [5.74, 6) is 2.26. The number of rotatable bonds is 5. The molecule has 0 bridgehead atoms. The Morgan fingerprint density at radius 1 is 1.21 bits per heavy atom. The van der Waals surface area contributed by atoms with Gasteiger partial charge in [-0.3, -0.25) is 0 Å². The van der Waals surface area contributed by atoms with Crippen LogP contribution in [0.3, 0.4) is 0 Å². The molecule has 4 heteroatoms. The van der Waals surface area contributed by atoms with Crippen molar-refractivity contribution in [1.29, 1.82) is 0 Å². The maximum absolute atomic E-state index is 13.2. The zero-order valence-electron chi connectivity index (χ0n) is 11.3. The minimum atomic E-state index is -0.487. The molecule has 106 valence electrons. The SMILES string of the molecule is CNC(Cc1cc(F)cc(F)c1)CC1CCSCC1. The third kappa shape index (κ3) is 4.77. The van der Waals surface area contributed by atoms with Gasteiger partial charge in [-0.2, -0.15) is 11.8 Å². The Kier molecular flexibility index (Phi) is 5.64. The Hall–Kier alpha value is -0.610. The first-order chi connectivity index (χ1) is 9.17. The number of likely N-dealkylation sites (N-methyl/N-ethyl adjacent to an activating group) is 1. The minimum Gasteiger partial charge on any atom is -0.317 e. The van der Waals surface area contributed by atoms with Gasteiger partial charge >= 0.3 is 0 Å². The van der Waals surface area contributed by atoms with Crippen LogP contribution in [0.2, 0.25) is 0 Å². The summed E-state index contributed by atoms with van der Waals surface area (Å²) < 4.78 is 26.4. The van der Waals surface area contributed by atoms with Crippen LogP contribution in [0, 0.1) is 17.6 Å². The van der Waals surface area contributed by atoms with Crippen molar-refractivity contribution < 1.29 is 8.78 Å². The van der Waals surface area contributed by atoms with Gasteiger partial charge < -0.3 is 5.32 Å². The highest BCUT2D eigenvalue weighted by Gasteiger charge is 2.18. The van der Waals surface area contributed by atoms with Crippen molar-refractivity contribution in [1.82, 2.24) is 5.32 Å². The first-order valence-electron chi connectivity index (χ1n) is 6.87. The first-order valence-corrected chi connectivity index (χ1v) is 8.03. The van der Waals surface area contributed by atoms with E-state index in [-0.39, 0.29) is 0 Å². The zero-order valence-corrected chi connectivity index (χ0v) is 12.1. The van der Waals surface area contributed by atoms with Crippen molar-refractivity contribution in [2.24, 2.45) is 5.92 Å². The number of hydrogen-bond acceptors (Lipinski definition) is 2. The number of benzene rings is 1. The zero-order chi connectivity index (χ0) is 13.7. The molecule has 0 amide bonds. The largest absolute Gasteiger partial charge is 0.317 e. The molecule has 1 unspecified atom stereocenters. The van der Waals surface area contributed by atoms with E-state index < -0.39 is 11.6 Å². The van der Waals surface area contributed by atoms with Crippen molar-refractivity contribution in [3.05, 3.63) is 35.4 Å². The van der Waals surface area contributed by atoms with Crippen LogP contribution in [0.25, 0.3) is 0 Å². The first kappa shape index (κ1) is 14.8. The second-order valence-electron chi connectivity index (χ2n) is 5.26. The van der Waals surface area contributed by atoms with Crippen molar-refractivity contribution in [3.8, 4) is 0 Å². The van der Waals surface area contributed by atoms with E-state index in [1.165, 1.54) is 36.5 Å². The predicted octanol–water partition coefficient (Wildman–Crippen LogP) is 3.63. The van der Waals surface area contributed by atoms with E-state index in [0.29, 0.717) is 12.5 Å². The monoisotopic (exact) mass is 285 g/mol. The van der Waals surface area contributed by atoms with E-state index in [2.05, 4.69) is 5.32 Å². The quantitative estimate of drug-likeness (QED) is 0.886. The van der Waals surface area contributed by atoms with Crippen molar-refractivity contribution in [2.75, 3.05) is 18.6 Å². The van der Waals surface area contributed by atoms with Gasteiger partial charge in [0.1, 0.15) is 11.6 Å². The van der Waals surface area contributed by atoms with Crippen LogP contribution in [-0.4, -0.2) is 24.6 Å². The molecule has 1 nitrogen and oxygen atoms in total. The molecular weight excluding hydrogens is 264 g/mol. The molecule has 1 N–H and O–H groups in total. The fourth-order valence-electron chi connectivity index (χ4n) is 2.70. The van der Waals surface area contributed by atoms with Gasteiger partial charge in [0.15, 0.2) is 0 Å². The molecule has 0 aliphatic carbocycles. The van der Waals surface area contributed by atoms with Crippen LogP contribution in [0.15, 0.2) is 18.2 Å². The molecule has 0 aromatic heterocycles. The Labute approximate surface area is 118 Å². The molecule has 1 fully saturated rings. The van der Waals surface area contributed by atoms with E-state index in [1.54, 1.807) is 0 Å². The lowest BCUT2D eigenvalue weighted by molar-refractivity contribution is 0.375. The molecule has 1 atom stereocenters. The summed E-state index contributed by atoms with van der Waals surface area (Å²) in [5.41, 5.74) is 0.738. The molecule has 2 rings (SSSR count). The maximum atomic E-state index is 13.2. The summed E-state index contributed by atoms with van der Waals surface area (Å²) >= 11 is 2.02. The van der Waals surface area contributed by atoms with Gasteiger partial charge in [0.25, 0.3) is 0 Å². The highest BCUT2D eigenvalue weighted by Crippen LogP contribution is 2.27. The molecule has 1 aromatic carbocycles. The summed E-state index contributed by atoms with van der Waals surface area (Å²) in [6, 6.07) is 4.10. The molecule has 1 aliphatic heterocycles. The smallest absolute Gasteiger partial charge is 0.126 e. The number of hydrogen-bond donors (Lipinski definition) is 1. The van der Waals surface area contributed by atoms with Gasteiger partial charge in [-0.05, 0) is 67.9 Å². The third-order valence-electron chi connectivity index (χ3n) is 3.77. The minimum absolute atomic E-state index is 0.300. The molecule has 0 saturated carbocycles. The second kappa shape index (κ2) is 7.25. The molecule has 1 aliphatic rings. The fourth-order valence-corrected chi connectivity index (χ4v) is 3.91. The molecule has 1 saturated heterocycles. The van der Waals surface area contributed by atoms with Crippen molar-refractivity contribution in [2.45, 2.75) is 31.7 Å². The molecule has 0 radical (unpaired) electrons. The summed E-state index contributed by atoms with van der Waals surface area (Å²) in [6.45, 7) is 0. The van der Waals surface area contributed by atoms with Gasteiger partial charge in [0, 0.05) is 12.1 Å². The topological polar surface area (TPSA) is 12.0 Å². The Balaban J connectivity index is 1.93. The Morgan fingerprint density at radius 3 is 2.42 bits per heavy atom. The second-order valence-corrected chi connectivity index (χ2v) is 6.48. The summed E-state index contributed by atoms with van der Waals surface area (Å²) in [7, 11) is 1.93. The molecular formula is C15H21F2NS. The number of thioether (sulfide) groups is 1. The molecule has 1 aromatic rings.